The molecule has 1 heterocycles. The molecule has 0 aliphatic carbocycles. The molecular formula is C14H29N3. The molecule has 0 N–H and O–H groups in total. The van der Waals surface area contributed by atoms with Gasteiger partial charge in [-0.25, -0.2) is 0 Å². The molecule has 0 spiro atoms. The second-order valence-electron chi connectivity index (χ2n) is 6.07. The molecule has 3 nitrogen and oxygen atoms in total. The number of hydrogen-bond acceptors (Lipinski definition) is 3. The summed E-state index contributed by atoms with van der Waals surface area (Å²) in [7, 11) is 0. The fourth-order valence-corrected chi connectivity index (χ4v) is 2.32. The van der Waals surface area contributed by atoms with Crippen molar-refractivity contribution in [2.75, 3.05) is 13.1 Å². The third-order valence-corrected chi connectivity index (χ3v) is 3.45. The van der Waals surface area contributed by atoms with Crippen molar-refractivity contribution in [3.8, 4) is 0 Å². The first kappa shape index (κ1) is 14.5. The van der Waals surface area contributed by atoms with Crippen molar-refractivity contribution in [1.29, 1.82) is 0 Å². The molecule has 1 atom stereocenters. The molecule has 17 heavy (non-hydrogen) atoms. The largest absolute Gasteiger partial charge is 0.276 e. The van der Waals surface area contributed by atoms with E-state index < -0.39 is 0 Å². The lowest BCUT2D eigenvalue weighted by Crippen LogP contribution is -2.31. The molecule has 0 aromatic carbocycles. The van der Waals surface area contributed by atoms with Gasteiger partial charge >= 0.3 is 0 Å². The predicted molar refractivity (Wildman–Crippen MR) is 73.0 cm³/mol. The van der Waals surface area contributed by atoms with Crippen LogP contribution in [0.1, 0.15) is 66.2 Å². The molecular weight excluding hydrogens is 210 g/mol. The molecule has 1 unspecified atom stereocenters. The Labute approximate surface area is 107 Å². The zero-order valence-electron chi connectivity index (χ0n) is 12.1. The lowest BCUT2D eigenvalue weighted by atomic mass is 9.95. The third-order valence-electron chi connectivity index (χ3n) is 3.45. The number of unbranched alkanes of at least 4 members (excludes halogenated alkanes) is 2. The summed E-state index contributed by atoms with van der Waals surface area (Å²) in [4.78, 5) is 0. The Morgan fingerprint density at radius 1 is 1.24 bits per heavy atom. The van der Waals surface area contributed by atoms with Crippen LogP contribution in [0.15, 0.2) is 10.3 Å². The molecule has 1 rings (SSSR count). The van der Waals surface area contributed by atoms with Gasteiger partial charge in [0, 0.05) is 6.54 Å². The van der Waals surface area contributed by atoms with Gasteiger partial charge in [-0.15, -0.1) is 0 Å². The van der Waals surface area contributed by atoms with Crippen LogP contribution in [0.4, 0.5) is 0 Å². The fraction of sp³-hybridized carbons (Fsp3) is 1.00. The van der Waals surface area contributed by atoms with E-state index in [2.05, 4.69) is 43.0 Å². The maximum absolute atomic E-state index is 4.47. The van der Waals surface area contributed by atoms with E-state index in [1.807, 2.05) is 0 Å². The SMILES string of the molecule is CCCCCC1(C)CN(CCCC(C)C)N=N1. The number of hydrogen-bond donors (Lipinski definition) is 0. The highest BCUT2D eigenvalue weighted by Gasteiger charge is 2.31. The second-order valence-corrected chi connectivity index (χ2v) is 6.07. The standard InChI is InChI=1S/C14H29N3/c1-5-6-7-10-14(4)12-17(16-15-14)11-8-9-13(2)3/h13H,5-12H2,1-4H3. The first-order valence-electron chi connectivity index (χ1n) is 7.23. The Kier molecular flexibility index (Phi) is 5.93. The Hall–Kier alpha value is -0.600. The van der Waals surface area contributed by atoms with E-state index in [1.165, 1.54) is 38.5 Å². The second kappa shape index (κ2) is 6.97. The van der Waals surface area contributed by atoms with Gasteiger partial charge in [0.1, 0.15) is 0 Å². The van der Waals surface area contributed by atoms with Crippen molar-refractivity contribution >= 4 is 0 Å². The lowest BCUT2D eigenvalue weighted by molar-refractivity contribution is 0.266. The molecule has 0 bridgehead atoms. The zero-order chi connectivity index (χ0) is 12.7. The van der Waals surface area contributed by atoms with Crippen LogP contribution < -0.4 is 0 Å². The van der Waals surface area contributed by atoms with Gasteiger partial charge in [-0.2, -0.15) is 5.11 Å². The van der Waals surface area contributed by atoms with Crippen molar-refractivity contribution in [2.45, 2.75) is 71.8 Å². The Morgan fingerprint density at radius 2 is 2.00 bits per heavy atom. The van der Waals surface area contributed by atoms with E-state index in [1.54, 1.807) is 0 Å². The van der Waals surface area contributed by atoms with Gasteiger partial charge in [0.2, 0.25) is 0 Å². The average molecular weight is 239 g/mol. The van der Waals surface area contributed by atoms with Crippen LogP contribution in [-0.2, 0) is 0 Å². The quantitative estimate of drug-likeness (QED) is 0.575. The van der Waals surface area contributed by atoms with Crippen molar-refractivity contribution in [3.05, 3.63) is 0 Å². The summed E-state index contributed by atoms with van der Waals surface area (Å²) in [6, 6.07) is 0. The molecule has 0 aromatic heterocycles. The van der Waals surface area contributed by atoms with Gasteiger partial charge in [-0.3, -0.25) is 5.01 Å². The average Bonchev–Trinajstić information content (AvgIpc) is 2.61. The zero-order valence-corrected chi connectivity index (χ0v) is 12.1. The maximum atomic E-state index is 4.47. The summed E-state index contributed by atoms with van der Waals surface area (Å²) in [5, 5.41) is 11.0. The van der Waals surface area contributed by atoms with Gasteiger partial charge in [0.05, 0.1) is 12.1 Å². The van der Waals surface area contributed by atoms with E-state index in [4.69, 9.17) is 0 Å². The van der Waals surface area contributed by atoms with Gasteiger partial charge in [-0.05, 0) is 32.1 Å². The normalized spacial score (nSPS) is 23.9. The molecule has 0 aromatic rings. The van der Waals surface area contributed by atoms with E-state index in [9.17, 15) is 0 Å². The van der Waals surface area contributed by atoms with Crippen molar-refractivity contribution in [3.63, 3.8) is 0 Å². The van der Waals surface area contributed by atoms with E-state index >= 15 is 0 Å². The van der Waals surface area contributed by atoms with Crippen LogP contribution >= 0.6 is 0 Å². The number of rotatable bonds is 8. The molecule has 0 fully saturated rings. The predicted octanol–water partition coefficient (Wildman–Crippen LogP) is 4.44. The van der Waals surface area contributed by atoms with Crippen molar-refractivity contribution in [2.24, 2.45) is 16.3 Å². The first-order chi connectivity index (χ1) is 8.06. The van der Waals surface area contributed by atoms with Gasteiger partial charge in [-0.1, -0.05) is 45.3 Å². The highest BCUT2D eigenvalue weighted by molar-refractivity contribution is 4.88. The summed E-state index contributed by atoms with van der Waals surface area (Å²) < 4.78 is 0. The Balaban J connectivity index is 2.20. The Bertz CT molecular complexity index is 238. The molecule has 1 aliphatic rings. The molecule has 1 aliphatic heterocycles. The van der Waals surface area contributed by atoms with Crippen LogP contribution in [0.5, 0.6) is 0 Å². The minimum Gasteiger partial charge on any atom is -0.276 e. The van der Waals surface area contributed by atoms with Crippen LogP contribution in [0.25, 0.3) is 0 Å². The number of nitrogens with zero attached hydrogens (tertiary/aromatic N) is 3. The first-order valence-corrected chi connectivity index (χ1v) is 7.23. The maximum Gasteiger partial charge on any atom is 0.1000 e. The monoisotopic (exact) mass is 239 g/mol. The van der Waals surface area contributed by atoms with Crippen molar-refractivity contribution < 1.29 is 0 Å². The lowest BCUT2D eigenvalue weighted by Gasteiger charge is -2.21. The van der Waals surface area contributed by atoms with Crippen LogP contribution in [-0.4, -0.2) is 23.6 Å². The molecule has 0 saturated carbocycles. The highest BCUT2D eigenvalue weighted by atomic mass is 15.6. The van der Waals surface area contributed by atoms with E-state index in [0.717, 1.165) is 19.0 Å². The summed E-state index contributed by atoms with van der Waals surface area (Å²) in [6.45, 7) is 11.1. The minimum absolute atomic E-state index is 0.0903. The Morgan fingerprint density at radius 3 is 2.65 bits per heavy atom. The van der Waals surface area contributed by atoms with Gasteiger partial charge in [0.25, 0.3) is 0 Å². The topological polar surface area (TPSA) is 28.0 Å². The molecule has 3 heteroatoms. The van der Waals surface area contributed by atoms with Crippen molar-refractivity contribution in [1.82, 2.24) is 5.01 Å². The third kappa shape index (κ3) is 5.51. The van der Waals surface area contributed by atoms with Crippen LogP contribution in [0.2, 0.25) is 0 Å². The minimum atomic E-state index is 0.0903. The molecule has 0 radical (unpaired) electrons. The summed E-state index contributed by atoms with van der Waals surface area (Å²) in [5.41, 5.74) is 0.0903. The van der Waals surface area contributed by atoms with Crippen LogP contribution in [0, 0.1) is 5.92 Å². The molecule has 0 amide bonds. The van der Waals surface area contributed by atoms with Crippen LogP contribution in [0.3, 0.4) is 0 Å². The summed E-state index contributed by atoms with van der Waals surface area (Å²) in [6.07, 6.45) is 7.60. The van der Waals surface area contributed by atoms with Gasteiger partial charge < -0.3 is 0 Å². The summed E-state index contributed by atoms with van der Waals surface area (Å²) >= 11 is 0. The summed E-state index contributed by atoms with van der Waals surface area (Å²) in [5.74, 6) is 0.797. The van der Waals surface area contributed by atoms with Gasteiger partial charge in [0.15, 0.2) is 0 Å². The van der Waals surface area contributed by atoms with E-state index in [0.29, 0.717) is 0 Å². The van der Waals surface area contributed by atoms with E-state index in [-0.39, 0.29) is 5.54 Å². The smallest absolute Gasteiger partial charge is 0.1000 e. The fourth-order valence-electron chi connectivity index (χ4n) is 2.32. The molecule has 0 saturated heterocycles. The highest BCUT2D eigenvalue weighted by Crippen LogP contribution is 2.27. The molecule has 100 valence electrons.